The molecule has 2 aromatic carbocycles. The summed E-state index contributed by atoms with van der Waals surface area (Å²) in [5.41, 5.74) is 0.759. The SMILES string of the molecule is O=C(ON1C(=O)c2ccccc2C1=O)c1ccc2ccsc2c1. The van der Waals surface area contributed by atoms with E-state index in [1.54, 1.807) is 30.3 Å². The largest absolute Gasteiger partial charge is 0.363 e. The molecular formula is C17H9NO4S. The lowest BCUT2D eigenvalue weighted by atomic mass is 10.1. The molecule has 0 radical (unpaired) electrons. The fourth-order valence-electron chi connectivity index (χ4n) is 2.47. The molecule has 0 aliphatic carbocycles. The van der Waals surface area contributed by atoms with Gasteiger partial charge in [0.2, 0.25) is 0 Å². The highest BCUT2D eigenvalue weighted by molar-refractivity contribution is 7.17. The Hall–Kier alpha value is -2.99. The van der Waals surface area contributed by atoms with Gasteiger partial charge in [0.25, 0.3) is 11.8 Å². The Morgan fingerprint density at radius 2 is 1.65 bits per heavy atom. The molecule has 1 aromatic heterocycles. The second-order valence-corrected chi connectivity index (χ2v) is 5.95. The van der Waals surface area contributed by atoms with Crippen molar-refractivity contribution in [1.82, 2.24) is 5.06 Å². The maximum atomic E-state index is 12.2. The molecule has 1 aliphatic heterocycles. The van der Waals surface area contributed by atoms with Crippen molar-refractivity contribution in [2.45, 2.75) is 0 Å². The highest BCUT2D eigenvalue weighted by Crippen LogP contribution is 2.25. The van der Waals surface area contributed by atoms with Crippen LogP contribution in [0.2, 0.25) is 0 Å². The number of hydroxylamine groups is 2. The van der Waals surface area contributed by atoms with E-state index in [1.807, 2.05) is 11.4 Å². The van der Waals surface area contributed by atoms with Gasteiger partial charge in [-0.1, -0.05) is 23.3 Å². The van der Waals surface area contributed by atoms with Crippen molar-refractivity contribution in [2.75, 3.05) is 0 Å². The molecule has 23 heavy (non-hydrogen) atoms. The van der Waals surface area contributed by atoms with Crippen molar-refractivity contribution < 1.29 is 19.2 Å². The number of amides is 2. The molecule has 0 unspecified atom stereocenters. The van der Waals surface area contributed by atoms with Crippen LogP contribution in [0.4, 0.5) is 0 Å². The summed E-state index contributed by atoms with van der Waals surface area (Å²) in [6.07, 6.45) is 0. The van der Waals surface area contributed by atoms with Crippen molar-refractivity contribution >= 4 is 39.2 Å². The van der Waals surface area contributed by atoms with Crippen LogP contribution in [0.15, 0.2) is 53.9 Å². The van der Waals surface area contributed by atoms with E-state index >= 15 is 0 Å². The first-order valence-electron chi connectivity index (χ1n) is 6.82. The number of carbonyl (C=O) groups excluding carboxylic acids is 3. The number of benzene rings is 2. The highest BCUT2D eigenvalue weighted by atomic mass is 32.1. The number of thiophene rings is 1. The number of hydrogen-bond donors (Lipinski definition) is 0. The summed E-state index contributed by atoms with van der Waals surface area (Å²) in [4.78, 5) is 41.6. The van der Waals surface area contributed by atoms with Crippen LogP contribution in [0, 0.1) is 0 Å². The number of rotatable bonds is 2. The maximum Gasteiger partial charge on any atom is 0.363 e. The molecule has 6 heteroatoms. The third-order valence-electron chi connectivity index (χ3n) is 3.62. The average molecular weight is 323 g/mol. The van der Waals surface area contributed by atoms with Gasteiger partial charge in [-0.3, -0.25) is 9.59 Å². The minimum Gasteiger partial charge on any atom is -0.324 e. The lowest BCUT2D eigenvalue weighted by Crippen LogP contribution is -2.32. The fourth-order valence-corrected chi connectivity index (χ4v) is 3.30. The minimum absolute atomic E-state index is 0.235. The normalized spacial score (nSPS) is 13.5. The summed E-state index contributed by atoms with van der Waals surface area (Å²) in [6, 6.07) is 13.4. The van der Waals surface area contributed by atoms with Gasteiger partial charge in [0.15, 0.2) is 0 Å². The van der Waals surface area contributed by atoms with Crippen molar-refractivity contribution in [3.63, 3.8) is 0 Å². The number of imide groups is 1. The second kappa shape index (κ2) is 5.03. The van der Waals surface area contributed by atoms with Gasteiger partial charge in [-0.05, 0) is 41.1 Å². The Morgan fingerprint density at radius 3 is 2.35 bits per heavy atom. The minimum atomic E-state index is -0.741. The molecule has 0 spiro atoms. The first kappa shape index (κ1) is 13.7. The highest BCUT2D eigenvalue weighted by Gasteiger charge is 2.38. The van der Waals surface area contributed by atoms with Crippen LogP contribution in [0.3, 0.4) is 0 Å². The van der Waals surface area contributed by atoms with Crippen molar-refractivity contribution in [3.05, 3.63) is 70.6 Å². The van der Waals surface area contributed by atoms with Gasteiger partial charge in [-0.2, -0.15) is 0 Å². The molecule has 112 valence electrons. The first-order chi connectivity index (χ1) is 11.1. The van der Waals surface area contributed by atoms with Gasteiger partial charge in [0.05, 0.1) is 16.7 Å². The molecule has 2 amide bonds. The Bertz CT molecular complexity index is 940. The molecule has 5 nitrogen and oxygen atoms in total. The summed E-state index contributed by atoms with van der Waals surface area (Å²) in [6.45, 7) is 0. The van der Waals surface area contributed by atoms with Crippen molar-refractivity contribution in [1.29, 1.82) is 0 Å². The van der Waals surface area contributed by atoms with Crippen LogP contribution < -0.4 is 0 Å². The smallest absolute Gasteiger partial charge is 0.324 e. The third-order valence-corrected chi connectivity index (χ3v) is 4.50. The molecular weight excluding hydrogens is 314 g/mol. The van der Waals surface area contributed by atoms with Crippen LogP contribution in [0.5, 0.6) is 0 Å². The Balaban J connectivity index is 1.62. The molecule has 0 saturated carbocycles. The van der Waals surface area contributed by atoms with Crippen LogP contribution in [0.25, 0.3) is 10.1 Å². The molecule has 0 saturated heterocycles. The van der Waals surface area contributed by atoms with E-state index in [-0.39, 0.29) is 16.7 Å². The Morgan fingerprint density at radius 1 is 0.957 bits per heavy atom. The molecule has 0 N–H and O–H groups in total. The molecule has 1 aliphatic rings. The van der Waals surface area contributed by atoms with E-state index in [9.17, 15) is 14.4 Å². The van der Waals surface area contributed by atoms with Crippen LogP contribution >= 0.6 is 11.3 Å². The Labute approximate surface area is 134 Å². The van der Waals surface area contributed by atoms with Gasteiger partial charge in [0.1, 0.15) is 0 Å². The zero-order chi connectivity index (χ0) is 16.0. The molecule has 0 fully saturated rings. The first-order valence-corrected chi connectivity index (χ1v) is 7.70. The Kier molecular flexibility index (Phi) is 2.99. The van der Waals surface area contributed by atoms with Crippen LogP contribution in [0.1, 0.15) is 31.1 Å². The standard InChI is InChI=1S/C17H9NO4S/c19-15-12-3-1-2-4-13(12)16(20)18(15)22-17(21)11-6-5-10-7-8-23-14(10)9-11/h1-9H. The zero-order valence-corrected chi connectivity index (χ0v) is 12.5. The average Bonchev–Trinajstić information content (AvgIpc) is 3.13. The molecule has 2 heterocycles. The van der Waals surface area contributed by atoms with E-state index < -0.39 is 17.8 Å². The van der Waals surface area contributed by atoms with Crippen LogP contribution in [-0.2, 0) is 4.84 Å². The lowest BCUT2D eigenvalue weighted by molar-refractivity contribution is -0.0584. The van der Waals surface area contributed by atoms with Gasteiger partial charge in [-0.15, -0.1) is 11.3 Å². The molecule has 3 aromatic rings. The molecule has 0 bridgehead atoms. The van der Waals surface area contributed by atoms with E-state index in [2.05, 4.69) is 0 Å². The summed E-state index contributed by atoms with van der Waals surface area (Å²) >= 11 is 1.50. The third kappa shape index (κ3) is 2.11. The zero-order valence-electron chi connectivity index (χ0n) is 11.7. The second-order valence-electron chi connectivity index (χ2n) is 5.00. The summed E-state index contributed by atoms with van der Waals surface area (Å²) in [5.74, 6) is -2.00. The predicted octanol–water partition coefficient (Wildman–Crippen LogP) is 3.27. The summed E-state index contributed by atoms with van der Waals surface area (Å²) < 4.78 is 0.932. The lowest BCUT2D eigenvalue weighted by Gasteiger charge is -2.12. The summed E-state index contributed by atoms with van der Waals surface area (Å²) in [7, 11) is 0. The number of carbonyl (C=O) groups is 3. The topological polar surface area (TPSA) is 63.7 Å². The van der Waals surface area contributed by atoms with Gasteiger partial charge in [-0.25, -0.2) is 4.79 Å². The van der Waals surface area contributed by atoms with Crippen molar-refractivity contribution in [2.24, 2.45) is 0 Å². The van der Waals surface area contributed by atoms with E-state index in [0.717, 1.165) is 10.1 Å². The van der Waals surface area contributed by atoms with Gasteiger partial charge < -0.3 is 4.84 Å². The van der Waals surface area contributed by atoms with Gasteiger partial charge >= 0.3 is 5.97 Å². The number of nitrogens with zero attached hydrogens (tertiary/aromatic N) is 1. The quantitative estimate of drug-likeness (QED) is 0.679. The molecule has 4 rings (SSSR count). The van der Waals surface area contributed by atoms with E-state index in [1.165, 1.54) is 23.5 Å². The maximum absolute atomic E-state index is 12.2. The molecule has 0 atom stereocenters. The van der Waals surface area contributed by atoms with E-state index in [0.29, 0.717) is 5.06 Å². The van der Waals surface area contributed by atoms with Crippen molar-refractivity contribution in [3.8, 4) is 0 Å². The summed E-state index contributed by atoms with van der Waals surface area (Å²) in [5, 5.41) is 3.46. The number of hydrogen-bond acceptors (Lipinski definition) is 5. The van der Waals surface area contributed by atoms with Gasteiger partial charge in [0, 0.05) is 4.70 Å². The monoisotopic (exact) mass is 323 g/mol. The fraction of sp³-hybridized carbons (Fsp3) is 0. The van der Waals surface area contributed by atoms with Crippen LogP contribution in [-0.4, -0.2) is 22.8 Å². The van der Waals surface area contributed by atoms with E-state index in [4.69, 9.17) is 4.84 Å². The number of fused-ring (bicyclic) bond motifs is 2. The predicted molar refractivity (Wildman–Crippen MR) is 84.2 cm³/mol.